The third-order valence-electron chi connectivity index (χ3n) is 3.69. The third kappa shape index (κ3) is 1.91. The van der Waals surface area contributed by atoms with Gasteiger partial charge in [-0.05, 0) is 25.1 Å². The van der Waals surface area contributed by atoms with Gasteiger partial charge in [0.15, 0.2) is 16.5 Å². The maximum absolute atomic E-state index is 5.88. The van der Waals surface area contributed by atoms with E-state index < -0.39 is 0 Å². The van der Waals surface area contributed by atoms with E-state index in [-0.39, 0.29) is 0 Å². The van der Waals surface area contributed by atoms with Crippen molar-refractivity contribution >= 4 is 16.3 Å². The number of benzene rings is 1. The van der Waals surface area contributed by atoms with Gasteiger partial charge in [-0.3, -0.25) is 4.40 Å². The van der Waals surface area contributed by atoms with E-state index in [1.807, 2.05) is 25.1 Å². The van der Waals surface area contributed by atoms with Crippen LogP contribution in [0.25, 0.3) is 16.2 Å². The molecule has 21 heavy (non-hydrogen) atoms. The fourth-order valence-corrected chi connectivity index (χ4v) is 3.62. The smallest absolute Gasteiger partial charge is 0.194 e. The molecule has 0 unspecified atom stereocenters. The second-order valence-corrected chi connectivity index (χ2v) is 5.78. The van der Waals surface area contributed by atoms with Gasteiger partial charge in [0, 0.05) is 17.5 Å². The topological polar surface area (TPSA) is 61.8 Å². The van der Waals surface area contributed by atoms with E-state index in [4.69, 9.17) is 15.2 Å². The maximum atomic E-state index is 5.88. The Kier molecular flexibility index (Phi) is 2.87. The van der Waals surface area contributed by atoms with Crippen molar-refractivity contribution in [2.24, 2.45) is 5.73 Å². The average Bonchev–Trinajstić information content (AvgIpc) is 3.04. The van der Waals surface area contributed by atoms with Crippen LogP contribution >= 0.6 is 11.3 Å². The molecule has 0 fully saturated rings. The summed E-state index contributed by atoms with van der Waals surface area (Å²) in [6, 6.07) is 6.02. The number of fused-ring (bicyclic) bond motifs is 2. The molecule has 0 aliphatic carbocycles. The Morgan fingerprint density at radius 1 is 1.29 bits per heavy atom. The van der Waals surface area contributed by atoms with Crippen LogP contribution in [0.5, 0.6) is 11.5 Å². The van der Waals surface area contributed by atoms with Gasteiger partial charge in [0.05, 0.1) is 17.1 Å². The van der Waals surface area contributed by atoms with Gasteiger partial charge in [0.2, 0.25) is 0 Å². The lowest BCUT2D eigenvalue weighted by molar-refractivity contribution is 0.171. The number of nitrogens with two attached hydrogens (primary N) is 1. The van der Waals surface area contributed by atoms with Crippen LogP contribution in [-0.2, 0) is 6.54 Å². The molecule has 108 valence electrons. The first kappa shape index (κ1) is 12.7. The zero-order valence-corrected chi connectivity index (χ0v) is 12.4. The van der Waals surface area contributed by atoms with E-state index in [0.717, 1.165) is 39.1 Å². The van der Waals surface area contributed by atoms with Crippen molar-refractivity contribution in [1.82, 2.24) is 9.38 Å². The highest BCUT2D eigenvalue weighted by atomic mass is 32.1. The van der Waals surface area contributed by atoms with Crippen molar-refractivity contribution in [3.63, 3.8) is 0 Å². The Balaban J connectivity index is 1.90. The number of aromatic nitrogens is 2. The molecule has 0 bridgehead atoms. The molecule has 2 aromatic heterocycles. The van der Waals surface area contributed by atoms with Gasteiger partial charge in [-0.25, -0.2) is 4.98 Å². The highest BCUT2D eigenvalue weighted by Gasteiger charge is 2.17. The van der Waals surface area contributed by atoms with Crippen LogP contribution in [0.3, 0.4) is 0 Å². The number of imidazole rings is 1. The molecule has 2 N–H and O–H groups in total. The maximum Gasteiger partial charge on any atom is 0.194 e. The van der Waals surface area contributed by atoms with Crippen LogP contribution in [0.1, 0.15) is 11.4 Å². The van der Waals surface area contributed by atoms with E-state index >= 15 is 0 Å². The van der Waals surface area contributed by atoms with Gasteiger partial charge >= 0.3 is 0 Å². The summed E-state index contributed by atoms with van der Waals surface area (Å²) >= 11 is 1.62. The van der Waals surface area contributed by atoms with Gasteiger partial charge in [-0.2, -0.15) is 0 Å². The van der Waals surface area contributed by atoms with Crippen molar-refractivity contribution in [1.29, 1.82) is 0 Å². The normalized spacial score (nSPS) is 13.8. The quantitative estimate of drug-likeness (QED) is 0.790. The Morgan fingerprint density at radius 2 is 2.10 bits per heavy atom. The third-order valence-corrected chi connectivity index (χ3v) is 4.52. The minimum Gasteiger partial charge on any atom is -0.486 e. The fraction of sp³-hybridized carbons (Fsp3) is 0.267. The second kappa shape index (κ2) is 4.75. The van der Waals surface area contributed by atoms with Crippen molar-refractivity contribution in [3.8, 4) is 22.8 Å². The molecule has 1 aliphatic rings. The molecule has 6 heteroatoms. The second-order valence-electron chi connectivity index (χ2n) is 4.95. The Bertz CT molecular complexity index is 822. The molecular weight excluding hydrogens is 286 g/mol. The monoisotopic (exact) mass is 301 g/mol. The summed E-state index contributed by atoms with van der Waals surface area (Å²) in [5.74, 6) is 1.60. The van der Waals surface area contributed by atoms with Gasteiger partial charge in [-0.1, -0.05) is 0 Å². The molecule has 3 heterocycles. The molecular formula is C15H15N3O2S. The molecule has 4 rings (SSSR count). The highest BCUT2D eigenvalue weighted by Crippen LogP contribution is 2.36. The van der Waals surface area contributed by atoms with E-state index in [0.29, 0.717) is 19.8 Å². The summed E-state index contributed by atoms with van der Waals surface area (Å²) in [5.41, 5.74) is 10.1. The van der Waals surface area contributed by atoms with Gasteiger partial charge in [0.25, 0.3) is 0 Å². The van der Waals surface area contributed by atoms with E-state index in [1.54, 1.807) is 11.3 Å². The van der Waals surface area contributed by atoms with Crippen LogP contribution in [0.4, 0.5) is 0 Å². The molecule has 0 saturated heterocycles. The fourth-order valence-electron chi connectivity index (χ4n) is 2.66. The molecule has 5 nitrogen and oxygen atoms in total. The van der Waals surface area contributed by atoms with E-state index in [2.05, 4.69) is 14.8 Å². The molecule has 0 atom stereocenters. The first-order valence-corrected chi connectivity index (χ1v) is 7.71. The Labute approximate surface area is 125 Å². The Morgan fingerprint density at radius 3 is 2.90 bits per heavy atom. The molecule has 0 saturated carbocycles. The van der Waals surface area contributed by atoms with Crippen molar-refractivity contribution in [2.45, 2.75) is 13.5 Å². The minimum atomic E-state index is 0.473. The molecule has 0 amide bonds. The number of nitrogens with zero attached hydrogens (tertiary/aromatic N) is 2. The van der Waals surface area contributed by atoms with E-state index in [1.165, 1.54) is 0 Å². The molecule has 0 radical (unpaired) electrons. The van der Waals surface area contributed by atoms with Crippen LogP contribution in [0.2, 0.25) is 0 Å². The van der Waals surface area contributed by atoms with Crippen molar-refractivity contribution in [3.05, 3.63) is 35.0 Å². The lowest BCUT2D eigenvalue weighted by Gasteiger charge is -2.18. The number of hydrogen-bond acceptors (Lipinski definition) is 5. The van der Waals surface area contributed by atoms with Crippen LogP contribution in [0, 0.1) is 6.92 Å². The Hall–Kier alpha value is -2.05. The summed E-state index contributed by atoms with van der Waals surface area (Å²) in [4.78, 5) is 5.53. The number of hydrogen-bond donors (Lipinski definition) is 1. The lowest BCUT2D eigenvalue weighted by Crippen LogP contribution is -2.15. The zero-order chi connectivity index (χ0) is 14.4. The largest absolute Gasteiger partial charge is 0.486 e. The molecule has 1 aromatic carbocycles. The molecule has 0 spiro atoms. The number of rotatable bonds is 2. The van der Waals surface area contributed by atoms with E-state index in [9.17, 15) is 0 Å². The summed E-state index contributed by atoms with van der Waals surface area (Å²) in [6.07, 6.45) is 0. The first-order valence-electron chi connectivity index (χ1n) is 6.83. The van der Waals surface area contributed by atoms with Gasteiger partial charge < -0.3 is 15.2 Å². The molecule has 3 aromatic rings. The summed E-state index contributed by atoms with van der Waals surface area (Å²) in [5, 5.41) is 2.10. The number of ether oxygens (including phenoxy) is 2. The minimum absolute atomic E-state index is 0.473. The zero-order valence-electron chi connectivity index (χ0n) is 11.6. The summed E-state index contributed by atoms with van der Waals surface area (Å²) < 4.78 is 13.4. The SMILES string of the molecule is Cc1nc2scc(-c3ccc4c(c3)OCCO4)n2c1CN. The van der Waals surface area contributed by atoms with Gasteiger partial charge in [0.1, 0.15) is 13.2 Å². The first-order chi connectivity index (χ1) is 10.3. The lowest BCUT2D eigenvalue weighted by atomic mass is 10.1. The van der Waals surface area contributed by atoms with Crippen molar-refractivity contribution < 1.29 is 9.47 Å². The number of thiazole rings is 1. The molecule has 1 aliphatic heterocycles. The highest BCUT2D eigenvalue weighted by molar-refractivity contribution is 7.15. The standard InChI is InChI=1S/C15H15N3O2S/c1-9-11(7-16)18-12(8-21-15(18)17-9)10-2-3-13-14(6-10)20-5-4-19-13/h2-3,6,8H,4-5,7,16H2,1H3. The van der Waals surface area contributed by atoms with Crippen LogP contribution < -0.4 is 15.2 Å². The van der Waals surface area contributed by atoms with Crippen LogP contribution in [-0.4, -0.2) is 22.6 Å². The summed E-state index contributed by atoms with van der Waals surface area (Å²) in [7, 11) is 0. The predicted octanol–water partition coefficient (Wildman–Crippen LogP) is 2.60. The number of aryl methyl sites for hydroxylation is 1. The average molecular weight is 301 g/mol. The van der Waals surface area contributed by atoms with Gasteiger partial charge in [-0.15, -0.1) is 11.3 Å². The summed E-state index contributed by atoms with van der Waals surface area (Å²) in [6.45, 7) is 3.66. The van der Waals surface area contributed by atoms with Crippen LogP contribution in [0.15, 0.2) is 23.6 Å². The predicted molar refractivity (Wildman–Crippen MR) is 82.1 cm³/mol. The van der Waals surface area contributed by atoms with Crippen molar-refractivity contribution in [2.75, 3.05) is 13.2 Å².